The van der Waals surface area contributed by atoms with Crippen LogP contribution in [-0.2, 0) is 17.9 Å². The number of nitrogens with zero attached hydrogens (tertiary/aromatic N) is 7. The first-order valence-corrected chi connectivity index (χ1v) is 12.0. The monoisotopic (exact) mass is 489 g/mol. The van der Waals surface area contributed by atoms with Gasteiger partial charge in [0.1, 0.15) is 17.2 Å². The lowest BCUT2D eigenvalue weighted by Crippen LogP contribution is -2.36. The second kappa shape index (κ2) is 9.19. The number of aromatic nitrogens is 5. The van der Waals surface area contributed by atoms with Crippen molar-refractivity contribution in [1.82, 2.24) is 24.5 Å². The summed E-state index contributed by atoms with van der Waals surface area (Å²) in [5.74, 6) is 0.851. The van der Waals surface area contributed by atoms with Gasteiger partial charge in [-0.1, -0.05) is 35.9 Å². The quantitative estimate of drug-likeness (QED) is 0.379. The van der Waals surface area contributed by atoms with Crippen molar-refractivity contribution < 1.29 is 4.79 Å². The first kappa shape index (κ1) is 23.1. The number of fused-ring (bicyclic) bond motifs is 1. The van der Waals surface area contributed by atoms with E-state index in [1.165, 1.54) is 0 Å². The van der Waals surface area contributed by atoms with Gasteiger partial charge in [0.05, 0.1) is 35.7 Å². The molecule has 0 atom stereocenters. The number of amides is 1. The minimum absolute atomic E-state index is 0.0797. The molecule has 0 bridgehead atoms. The largest absolute Gasteiger partial charge is 0.376 e. The van der Waals surface area contributed by atoms with E-state index < -0.39 is 0 Å². The molecule has 1 aromatic carbocycles. The summed E-state index contributed by atoms with van der Waals surface area (Å²) >= 11 is 6.46. The number of rotatable bonds is 6. The molecule has 0 fully saturated rings. The smallest absolute Gasteiger partial charge is 0.230 e. The van der Waals surface area contributed by atoms with E-state index in [0.717, 1.165) is 39.7 Å². The van der Waals surface area contributed by atoms with Gasteiger partial charge in [0.2, 0.25) is 5.91 Å². The van der Waals surface area contributed by atoms with E-state index in [1.54, 1.807) is 17.3 Å². The third-order valence-corrected chi connectivity index (χ3v) is 6.47. The average molecular weight is 490 g/mol. The van der Waals surface area contributed by atoms with Crippen LogP contribution in [-0.4, -0.2) is 44.5 Å². The predicted octanol–water partition coefficient (Wildman–Crippen LogP) is 5.05. The maximum atomic E-state index is 12.9. The Kier molecular flexibility index (Phi) is 6.06. The number of anilines is 2. The lowest BCUT2D eigenvalue weighted by molar-refractivity contribution is -0.119. The summed E-state index contributed by atoms with van der Waals surface area (Å²) in [6.07, 6.45) is 3.85. The van der Waals surface area contributed by atoms with Crippen molar-refractivity contribution in [3.8, 4) is 22.6 Å². The highest BCUT2D eigenvalue weighted by Gasteiger charge is 2.28. The molecule has 4 aromatic rings. The van der Waals surface area contributed by atoms with Gasteiger partial charge in [0.25, 0.3) is 0 Å². The molecule has 0 saturated carbocycles. The second-order valence-electron chi connectivity index (χ2n) is 9.18. The van der Waals surface area contributed by atoms with Crippen molar-refractivity contribution >= 4 is 29.0 Å². The molecule has 8 nitrogen and oxygen atoms in total. The number of hydrogen-bond donors (Lipinski definition) is 0. The number of benzene rings is 1. The Labute approximate surface area is 209 Å². The fourth-order valence-corrected chi connectivity index (χ4v) is 4.67. The Morgan fingerprint density at radius 2 is 1.91 bits per heavy atom. The van der Waals surface area contributed by atoms with Crippen LogP contribution in [0.4, 0.5) is 11.5 Å². The van der Waals surface area contributed by atoms with Crippen LogP contribution < -0.4 is 9.80 Å². The van der Waals surface area contributed by atoms with Crippen molar-refractivity contribution in [1.29, 1.82) is 0 Å². The molecule has 0 radical (unpaired) electrons. The van der Waals surface area contributed by atoms with Gasteiger partial charge in [0.15, 0.2) is 0 Å². The van der Waals surface area contributed by atoms with E-state index in [9.17, 15) is 4.79 Å². The molecule has 1 amide bonds. The minimum Gasteiger partial charge on any atom is -0.376 e. The van der Waals surface area contributed by atoms with Crippen LogP contribution in [0.3, 0.4) is 0 Å². The summed E-state index contributed by atoms with van der Waals surface area (Å²) in [5, 5.41) is 9.71. The standard InChI is InChI=1S/C26H28ClN7O/c1-17(2)34-26(20(27)15-29-34)21-14-23-32(24(35)11-13-33(23)30-21)16-18-7-9-19(10-8-18)25-22(31(3)4)6-5-12-28-25/h5-10,12,14-15,17H,11,13,16H2,1-4H3. The van der Waals surface area contributed by atoms with Crippen LogP contribution in [0.2, 0.25) is 5.02 Å². The Balaban J connectivity index is 1.44. The average Bonchev–Trinajstić information content (AvgIpc) is 3.44. The molecule has 0 aliphatic carbocycles. The number of aryl methyl sites for hydroxylation is 1. The number of carbonyl (C=O) groups is 1. The molecule has 3 aromatic heterocycles. The van der Waals surface area contributed by atoms with Crippen LogP contribution >= 0.6 is 11.6 Å². The van der Waals surface area contributed by atoms with Crippen molar-refractivity contribution in [2.75, 3.05) is 23.9 Å². The molecule has 5 rings (SSSR count). The molecule has 0 unspecified atom stereocenters. The summed E-state index contributed by atoms with van der Waals surface area (Å²) in [6, 6.07) is 14.3. The van der Waals surface area contributed by atoms with Gasteiger partial charge < -0.3 is 4.90 Å². The molecule has 9 heteroatoms. The predicted molar refractivity (Wildman–Crippen MR) is 139 cm³/mol. The van der Waals surface area contributed by atoms with Crippen LogP contribution in [0.5, 0.6) is 0 Å². The van der Waals surface area contributed by atoms with E-state index in [-0.39, 0.29) is 11.9 Å². The molecule has 0 N–H and O–H groups in total. The highest BCUT2D eigenvalue weighted by Crippen LogP contribution is 2.34. The van der Waals surface area contributed by atoms with Crippen molar-refractivity contribution in [2.45, 2.75) is 39.4 Å². The first-order valence-electron chi connectivity index (χ1n) is 11.7. The SMILES string of the molecule is CC(C)n1ncc(Cl)c1-c1cc2n(n1)CCC(=O)N2Cc1ccc(-c2ncccc2N(C)C)cc1. The fourth-order valence-electron chi connectivity index (χ4n) is 4.44. The van der Waals surface area contributed by atoms with Crippen LogP contribution in [0, 0.1) is 0 Å². The maximum absolute atomic E-state index is 12.9. The first-order chi connectivity index (χ1) is 16.8. The highest BCUT2D eigenvalue weighted by molar-refractivity contribution is 6.33. The van der Waals surface area contributed by atoms with Gasteiger partial charge in [0, 0.05) is 44.4 Å². The zero-order valence-corrected chi connectivity index (χ0v) is 21.1. The molecular weight excluding hydrogens is 462 g/mol. The molecular formula is C26H28ClN7O. The molecule has 0 saturated heterocycles. The van der Waals surface area contributed by atoms with Crippen molar-refractivity contribution in [3.63, 3.8) is 0 Å². The zero-order chi connectivity index (χ0) is 24.7. The van der Waals surface area contributed by atoms with Gasteiger partial charge in [-0.3, -0.25) is 19.4 Å². The van der Waals surface area contributed by atoms with E-state index in [1.807, 2.05) is 35.6 Å². The molecule has 1 aliphatic heterocycles. The maximum Gasteiger partial charge on any atom is 0.230 e. The highest BCUT2D eigenvalue weighted by atomic mass is 35.5. The van der Waals surface area contributed by atoms with E-state index in [2.05, 4.69) is 59.2 Å². The van der Waals surface area contributed by atoms with Crippen molar-refractivity contribution in [2.24, 2.45) is 0 Å². The van der Waals surface area contributed by atoms with Gasteiger partial charge in [-0.25, -0.2) is 4.68 Å². The summed E-state index contributed by atoms with van der Waals surface area (Å²) in [5.41, 5.74) is 5.55. The van der Waals surface area contributed by atoms with Crippen LogP contribution in [0.15, 0.2) is 54.9 Å². The number of pyridine rings is 1. The Bertz CT molecular complexity index is 1370. The third-order valence-electron chi connectivity index (χ3n) is 6.19. The fraction of sp³-hybridized carbons (Fsp3) is 0.308. The van der Waals surface area contributed by atoms with Crippen LogP contribution in [0.25, 0.3) is 22.6 Å². The number of halogens is 1. The minimum atomic E-state index is 0.0797. The lowest BCUT2D eigenvalue weighted by Gasteiger charge is -2.27. The van der Waals surface area contributed by atoms with Gasteiger partial charge in [-0.2, -0.15) is 10.2 Å². The molecule has 4 heterocycles. The Hall–Kier alpha value is -3.65. The topological polar surface area (TPSA) is 72.1 Å². The Morgan fingerprint density at radius 3 is 2.63 bits per heavy atom. The second-order valence-corrected chi connectivity index (χ2v) is 9.59. The lowest BCUT2D eigenvalue weighted by atomic mass is 10.1. The van der Waals surface area contributed by atoms with Gasteiger partial charge >= 0.3 is 0 Å². The van der Waals surface area contributed by atoms with E-state index in [0.29, 0.717) is 24.5 Å². The summed E-state index contributed by atoms with van der Waals surface area (Å²) in [4.78, 5) is 21.4. The molecule has 1 aliphatic rings. The van der Waals surface area contributed by atoms with E-state index in [4.69, 9.17) is 16.7 Å². The Morgan fingerprint density at radius 1 is 1.14 bits per heavy atom. The molecule has 0 spiro atoms. The molecule has 180 valence electrons. The summed E-state index contributed by atoms with van der Waals surface area (Å²) < 4.78 is 3.75. The number of hydrogen-bond acceptors (Lipinski definition) is 5. The zero-order valence-electron chi connectivity index (χ0n) is 20.3. The van der Waals surface area contributed by atoms with Crippen LogP contribution in [0.1, 0.15) is 31.9 Å². The summed E-state index contributed by atoms with van der Waals surface area (Å²) in [7, 11) is 4.02. The van der Waals surface area contributed by atoms with Gasteiger partial charge in [-0.15, -0.1) is 0 Å². The third kappa shape index (κ3) is 4.30. The van der Waals surface area contributed by atoms with E-state index >= 15 is 0 Å². The molecule has 35 heavy (non-hydrogen) atoms. The normalized spacial score (nSPS) is 13.4. The van der Waals surface area contributed by atoms with Gasteiger partial charge in [-0.05, 0) is 31.5 Å². The number of carbonyl (C=O) groups excluding carboxylic acids is 1. The van der Waals surface area contributed by atoms with Crippen molar-refractivity contribution in [3.05, 3.63) is 65.4 Å². The summed E-state index contributed by atoms with van der Waals surface area (Å²) in [6.45, 7) is 5.11.